The van der Waals surface area contributed by atoms with Crippen molar-refractivity contribution in [2.75, 3.05) is 18.0 Å². The number of aryl methyl sites for hydroxylation is 2. The molecule has 3 aromatic heterocycles. The van der Waals surface area contributed by atoms with Crippen LogP contribution in [-0.2, 0) is 12.8 Å². The number of hydrogen-bond donors (Lipinski definition) is 1. The summed E-state index contributed by atoms with van der Waals surface area (Å²) in [4.78, 5) is 19.4. The first-order valence-electron chi connectivity index (χ1n) is 9.93. The van der Waals surface area contributed by atoms with E-state index >= 15 is 0 Å². The van der Waals surface area contributed by atoms with E-state index in [4.69, 9.17) is 9.97 Å². The Bertz CT molecular complexity index is 968. The third-order valence-electron chi connectivity index (χ3n) is 5.77. The lowest BCUT2D eigenvalue weighted by Crippen LogP contribution is -2.54. The number of pyridine rings is 1. The molecule has 5 nitrogen and oxygen atoms in total. The molecule has 1 N–H and O–H groups in total. The average Bonchev–Trinajstić information content (AvgIpc) is 3.08. The number of rotatable bonds is 2. The summed E-state index contributed by atoms with van der Waals surface area (Å²) in [5, 5.41) is 4.90. The Balaban J connectivity index is 1.74. The molecular formula is C21H25N5S. The molecular weight excluding hydrogens is 354 g/mol. The van der Waals surface area contributed by atoms with Crippen LogP contribution in [0.25, 0.3) is 21.6 Å². The number of thiophene rings is 1. The highest BCUT2D eigenvalue weighted by Crippen LogP contribution is 2.41. The number of piperazine rings is 1. The fourth-order valence-corrected chi connectivity index (χ4v) is 5.55. The van der Waals surface area contributed by atoms with Crippen molar-refractivity contribution < 1.29 is 0 Å². The van der Waals surface area contributed by atoms with Gasteiger partial charge in [-0.25, -0.2) is 9.97 Å². The smallest absolute Gasteiger partial charge is 0.163 e. The van der Waals surface area contributed by atoms with E-state index in [-0.39, 0.29) is 0 Å². The van der Waals surface area contributed by atoms with Gasteiger partial charge in [0.1, 0.15) is 10.6 Å². The van der Waals surface area contributed by atoms with Crippen molar-refractivity contribution in [2.24, 2.45) is 0 Å². The van der Waals surface area contributed by atoms with Gasteiger partial charge < -0.3 is 10.2 Å². The molecule has 140 valence electrons. The Morgan fingerprint density at radius 1 is 1.11 bits per heavy atom. The fourth-order valence-electron chi connectivity index (χ4n) is 4.29. The molecule has 0 aromatic carbocycles. The highest BCUT2D eigenvalue weighted by molar-refractivity contribution is 7.19. The quantitative estimate of drug-likeness (QED) is 0.734. The fraction of sp³-hybridized carbons (Fsp3) is 0.476. The lowest BCUT2D eigenvalue weighted by molar-refractivity contribution is 0.423. The summed E-state index contributed by atoms with van der Waals surface area (Å²) in [5.74, 6) is 1.95. The number of nitrogens with zero attached hydrogens (tertiary/aromatic N) is 4. The minimum absolute atomic E-state index is 0.420. The molecule has 0 spiro atoms. The predicted molar refractivity (Wildman–Crippen MR) is 112 cm³/mol. The molecule has 0 radical (unpaired) electrons. The molecule has 1 saturated heterocycles. The maximum atomic E-state index is 5.13. The Hall–Kier alpha value is -2.05. The number of fused-ring (bicyclic) bond motifs is 3. The first kappa shape index (κ1) is 17.1. The SMILES string of the molecule is C[C@@H]1CN[C@@H](C)CN1c1nc(-c2ccncc2)nc2sc3c(c12)CCCC3. The van der Waals surface area contributed by atoms with Crippen LogP contribution in [-0.4, -0.2) is 40.1 Å². The normalized spacial score (nSPS) is 22.8. The molecule has 0 amide bonds. The van der Waals surface area contributed by atoms with Gasteiger partial charge in [-0.1, -0.05) is 0 Å². The van der Waals surface area contributed by atoms with Gasteiger partial charge in [-0.05, 0) is 57.2 Å². The van der Waals surface area contributed by atoms with Crippen molar-refractivity contribution >= 4 is 27.4 Å². The topological polar surface area (TPSA) is 53.9 Å². The van der Waals surface area contributed by atoms with Crippen LogP contribution in [0.4, 0.5) is 5.82 Å². The van der Waals surface area contributed by atoms with Crippen molar-refractivity contribution in [2.45, 2.75) is 51.6 Å². The van der Waals surface area contributed by atoms with Gasteiger partial charge in [-0.15, -0.1) is 11.3 Å². The summed E-state index contributed by atoms with van der Waals surface area (Å²) in [5.41, 5.74) is 2.55. The van der Waals surface area contributed by atoms with Crippen LogP contribution < -0.4 is 10.2 Å². The number of hydrogen-bond acceptors (Lipinski definition) is 6. The first-order valence-corrected chi connectivity index (χ1v) is 10.7. The molecule has 5 rings (SSSR count). The largest absolute Gasteiger partial charge is 0.350 e. The molecule has 1 aliphatic heterocycles. The van der Waals surface area contributed by atoms with Gasteiger partial charge >= 0.3 is 0 Å². The summed E-state index contributed by atoms with van der Waals surface area (Å²) in [6, 6.07) is 4.89. The van der Waals surface area contributed by atoms with E-state index in [0.29, 0.717) is 12.1 Å². The lowest BCUT2D eigenvalue weighted by atomic mass is 9.96. The molecule has 0 unspecified atom stereocenters. The van der Waals surface area contributed by atoms with Crippen LogP contribution in [0.2, 0.25) is 0 Å². The Morgan fingerprint density at radius 2 is 1.93 bits per heavy atom. The van der Waals surface area contributed by atoms with E-state index in [2.05, 4.69) is 29.0 Å². The standard InChI is InChI=1S/C21H25N5S/c1-13-12-26(14(2)11-23-13)20-18-16-5-3-4-6-17(16)27-21(18)25-19(24-20)15-7-9-22-10-8-15/h7-10,13-14,23H,3-6,11-12H2,1-2H3/t13-,14+/m0/s1. The van der Waals surface area contributed by atoms with Crippen molar-refractivity contribution in [1.29, 1.82) is 0 Å². The molecule has 6 heteroatoms. The van der Waals surface area contributed by atoms with Gasteiger partial charge in [0.25, 0.3) is 0 Å². The number of nitrogens with one attached hydrogen (secondary N) is 1. The Morgan fingerprint density at radius 3 is 2.78 bits per heavy atom. The zero-order valence-electron chi connectivity index (χ0n) is 15.9. The second kappa shape index (κ2) is 6.84. The Kier molecular flexibility index (Phi) is 4.32. The van der Waals surface area contributed by atoms with Gasteiger partial charge in [0.15, 0.2) is 5.82 Å². The predicted octanol–water partition coefficient (Wildman–Crippen LogP) is 3.82. The zero-order valence-corrected chi connectivity index (χ0v) is 16.7. The van der Waals surface area contributed by atoms with Crippen LogP contribution in [0.1, 0.15) is 37.1 Å². The van der Waals surface area contributed by atoms with Crippen molar-refractivity contribution in [3.63, 3.8) is 0 Å². The van der Waals surface area contributed by atoms with Gasteiger partial charge in [-0.3, -0.25) is 4.98 Å². The van der Waals surface area contributed by atoms with E-state index in [9.17, 15) is 0 Å². The summed E-state index contributed by atoms with van der Waals surface area (Å²) in [6.07, 6.45) is 8.55. The minimum atomic E-state index is 0.420. The van der Waals surface area contributed by atoms with Crippen molar-refractivity contribution in [1.82, 2.24) is 20.3 Å². The molecule has 3 aromatic rings. The maximum Gasteiger partial charge on any atom is 0.163 e. The molecule has 2 atom stereocenters. The molecule has 1 aliphatic carbocycles. The second-order valence-corrected chi connectivity index (χ2v) is 8.89. The van der Waals surface area contributed by atoms with Crippen molar-refractivity contribution in [3.8, 4) is 11.4 Å². The molecule has 4 heterocycles. The van der Waals surface area contributed by atoms with Crippen molar-refractivity contribution in [3.05, 3.63) is 35.0 Å². The highest BCUT2D eigenvalue weighted by Gasteiger charge is 2.29. The average molecular weight is 380 g/mol. The van der Waals surface area contributed by atoms with E-state index in [1.165, 1.54) is 35.1 Å². The molecule has 0 saturated carbocycles. The van der Waals surface area contributed by atoms with E-state index in [1.807, 2.05) is 35.9 Å². The summed E-state index contributed by atoms with van der Waals surface area (Å²) >= 11 is 1.88. The van der Waals surface area contributed by atoms with Gasteiger partial charge in [-0.2, -0.15) is 0 Å². The summed E-state index contributed by atoms with van der Waals surface area (Å²) in [6.45, 7) is 6.51. The van der Waals surface area contributed by atoms with Crippen LogP contribution in [0.3, 0.4) is 0 Å². The third kappa shape index (κ3) is 3.01. The van der Waals surface area contributed by atoms with Crippen LogP contribution >= 0.6 is 11.3 Å². The van der Waals surface area contributed by atoms with E-state index < -0.39 is 0 Å². The number of anilines is 1. The summed E-state index contributed by atoms with van der Waals surface area (Å²) < 4.78 is 0. The van der Waals surface area contributed by atoms with E-state index in [1.54, 1.807) is 0 Å². The summed E-state index contributed by atoms with van der Waals surface area (Å²) in [7, 11) is 0. The Labute approximate surface area is 163 Å². The minimum Gasteiger partial charge on any atom is -0.350 e. The van der Waals surface area contributed by atoms with Gasteiger partial charge in [0.05, 0.1) is 5.39 Å². The van der Waals surface area contributed by atoms with Crippen LogP contribution in [0.15, 0.2) is 24.5 Å². The number of aromatic nitrogens is 3. The second-order valence-electron chi connectivity index (χ2n) is 7.81. The molecule has 2 aliphatic rings. The highest BCUT2D eigenvalue weighted by atomic mass is 32.1. The van der Waals surface area contributed by atoms with E-state index in [0.717, 1.165) is 41.5 Å². The van der Waals surface area contributed by atoms with Crippen LogP contribution in [0, 0.1) is 0 Å². The first-order chi connectivity index (χ1) is 13.2. The monoisotopic (exact) mass is 379 g/mol. The molecule has 1 fully saturated rings. The van der Waals surface area contributed by atoms with Gasteiger partial charge in [0.2, 0.25) is 0 Å². The molecule has 0 bridgehead atoms. The lowest BCUT2D eigenvalue weighted by Gasteiger charge is -2.39. The zero-order chi connectivity index (χ0) is 18.4. The maximum absolute atomic E-state index is 5.13. The van der Waals surface area contributed by atoms with Gasteiger partial charge in [0, 0.05) is 48.0 Å². The van der Waals surface area contributed by atoms with Crippen LogP contribution in [0.5, 0.6) is 0 Å². The third-order valence-corrected chi connectivity index (χ3v) is 6.96. The molecule has 27 heavy (non-hydrogen) atoms.